The summed E-state index contributed by atoms with van der Waals surface area (Å²) in [6.07, 6.45) is 1.30. The highest BCUT2D eigenvalue weighted by Gasteiger charge is 2.21. The zero-order valence-electron chi connectivity index (χ0n) is 9.95. The van der Waals surface area contributed by atoms with Crippen molar-refractivity contribution in [1.29, 1.82) is 5.26 Å². The average Bonchev–Trinajstić information content (AvgIpc) is 2.57. The van der Waals surface area contributed by atoms with E-state index in [1.54, 1.807) is 11.7 Å². The van der Waals surface area contributed by atoms with E-state index in [0.717, 1.165) is 17.9 Å². The van der Waals surface area contributed by atoms with Crippen molar-refractivity contribution >= 4 is 11.7 Å². The molecular formula is C11H15N5O. The van der Waals surface area contributed by atoms with Crippen LogP contribution in [0.25, 0.3) is 0 Å². The summed E-state index contributed by atoms with van der Waals surface area (Å²) in [5.41, 5.74) is 1.29. The largest absolute Gasteiger partial charge is 0.365 e. The lowest BCUT2D eigenvalue weighted by molar-refractivity contribution is -0.122. The first-order valence-electron chi connectivity index (χ1n) is 5.58. The van der Waals surface area contributed by atoms with Gasteiger partial charge in [-0.1, -0.05) is 0 Å². The lowest BCUT2D eigenvalue weighted by Gasteiger charge is -2.24. The van der Waals surface area contributed by atoms with Gasteiger partial charge in [0.2, 0.25) is 5.91 Å². The number of nitrogens with zero attached hydrogens (tertiary/aromatic N) is 3. The second-order valence-electron chi connectivity index (χ2n) is 4.23. The van der Waals surface area contributed by atoms with E-state index in [4.69, 9.17) is 5.26 Å². The summed E-state index contributed by atoms with van der Waals surface area (Å²) in [5.74, 6) is 0.816. The molecule has 0 spiro atoms. The van der Waals surface area contributed by atoms with Gasteiger partial charge in [0.05, 0.1) is 5.69 Å². The molecule has 0 aromatic carbocycles. The first kappa shape index (κ1) is 11.5. The number of hydrogen-bond donors (Lipinski definition) is 2. The normalized spacial score (nSPS) is 19.6. The van der Waals surface area contributed by atoms with Crippen LogP contribution in [0.1, 0.15) is 24.1 Å². The van der Waals surface area contributed by atoms with Gasteiger partial charge >= 0.3 is 0 Å². The first-order valence-corrected chi connectivity index (χ1v) is 5.58. The molecule has 0 aliphatic carbocycles. The van der Waals surface area contributed by atoms with E-state index >= 15 is 0 Å². The van der Waals surface area contributed by atoms with Crippen LogP contribution in [0.5, 0.6) is 0 Å². The molecule has 1 saturated heterocycles. The summed E-state index contributed by atoms with van der Waals surface area (Å²) in [4.78, 5) is 11.0. The molecule has 1 aliphatic heterocycles. The second kappa shape index (κ2) is 4.45. The van der Waals surface area contributed by atoms with Gasteiger partial charge in [0.25, 0.3) is 0 Å². The maximum absolute atomic E-state index is 11.0. The van der Waals surface area contributed by atoms with Gasteiger partial charge in [0, 0.05) is 26.1 Å². The molecule has 0 bridgehead atoms. The number of carbonyl (C=O) groups is 1. The van der Waals surface area contributed by atoms with Gasteiger partial charge in [-0.25, -0.2) is 0 Å². The summed E-state index contributed by atoms with van der Waals surface area (Å²) < 4.78 is 1.67. The molecule has 0 radical (unpaired) electrons. The van der Waals surface area contributed by atoms with Crippen molar-refractivity contribution < 1.29 is 4.79 Å². The molecule has 1 atom stereocenters. The molecule has 1 fully saturated rings. The highest BCUT2D eigenvalue weighted by atomic mass is 16.1. The molecule has 1 aromatic heterocycles. The van der Waals surface area contributed by atoms with Gasteiger partial charge in [-0.05, 0) is 13.3 Å². The Labute approximate surface area is 99.6 Å². The van der Waals surface area contributed by atoms with E-state index in [-0.39, 0.29) is 11.9 Å². The molecule has 1 amide bonds. The fourth-order valence-corrected chi connectivity index (χ4v) is 2.01. The van der Waals surface area contributed by atoms with Gasteiger partial charge in [0.1, 0.15) is 17.5 Å². The number of nitriles is 1. The Hall–Kier alpha value is -2.03. The number of aromatic nitrogens is 2. The third-order valence-corrected chi connectivity index (χ3v) is 2.94. The van der Waals surface area contributed by atoms with Crippen LogP contribution < -0.4 is 10.6 Å². The van der Waals surface area contributed by atoms with E-state index in [0.29, 0.717) is 18.5 Å². The minimum atomic E-state index is 0.0877. The summed E-state index contributed by atoms with van der Waals surface area (Å²) in [7, 11) is 1.80. The fourth-order valence-electron chi connectivity index (χ4n) is 2.01. The standard InChI is InChI=1S/C11H15N5O/c1-7-9(5-12)11(16(2)15-7)14-8-3-4-10(17)13-6-8/h8,14H,3-4,6H2,1-2H3,(H,13,17). The zero-order chi connectivity index (χ0) is 12.4. The lowest BCUT2D eigenvalue weighted by atomic mass is 10.1. The highest BCUT2D eigenvalue weighted by molar-refractivity contribution is 5.77. The third kappa shape index (κ3) is 2.23. The van der Waals surface area contributed by atoms with Crippen LogP contribution in [-0.2, 0) is 11.8 Å². The molecule has 2 N–H and O–H groups in total. The molecule has 2 heterocycles. The van der Waals surface area contributed by atoms with Crippen molar-refractivity contribution in [3.63, 3.8) is 0 Å². The topological polar surface area (TPSA) is 82.7 Å². The van der Waals surface area contributed by atoms with Crippen LogP contribution >= 0.6 is 0 Å². The molecule has 1 aromatic rings. The van der Waals surface area contributed by atoms with Gasteiger partial charge in [0.15, 0.2) is 0 Å². The smallest absolute Gasteiger partial charge is 0.220 e. The molecule has 90 valence electrons. The van der Waals surface area contributed by atoms with Crippen molar-refractivity contribution in [2.75, 3.05) is 11.9 Å². The van der Waals surface area contributed by atoms with Crippen molar-refractivity contribution in [2.24, 2.45) is 7.05 Å². The van der Waals surface area contributed by atoms with Crippen LogP contribution in [0, 0.1) is 18.3 Å². The van der Waals surface area contributed by atoms with Gasteiger partial charge in [-0.2, -0.15) is 10.4 Å². The number of aryl methyl sites for hydroxylation is 2. The Morgan fingerprint density at radius 1 is 1.65 bits per heavy atom. The molecular weight excluding hydrogens is 218 g/mol. The van der Waals surface area contributed by atoms with E-state index in [2.05, 4.69) is 21.8 Å². The number of nitrogens with one attached hydrogen (secondary N) is 2. The van der Waals surface area contributed by atoms with E-state index in [1.165, 1.54) is 0 Å². The molecule has 1 aliphatic rings. The summed E-state index contributed by atoms with van der Waals surface area (Å²) in [6, 6.07) is 2.31. The maximum atomic E-state index is 11.0. The third-order valence-electron chi connectivity index (χ3n) is 2.94. The first-order chi connectivity index (χ1) is 8.11. The van der Waals surface area contributed by atoms with Crippen molar-refractivity contribution in [3.8, 4) is 6.07 Å². The number of amides is 1. The molecule has 6 heteroatoms. The van der Waals surface area contributed by atoms with Crippen LogP contribution in [0.4, 0.5) is 5.82 Å². The fraction of sp³-hybridized carbons (Fsp3) is 0.545. The predicted octanol–water partition coefficient (Wildman–Crippen LogP) is 0.291. The van der Waals surface area contributed by atoms with E-state index in [1.807, 2.05) is 6.92 Å². The van der Waals surface area contributed by atoms with Gasteiger partial charge < -0.3 is 10.6 Å². The van der Waals surface area contributed by atoms with Crippen LogP contribution in [-0.4, -0.2) is 28.3 Å². The van der Waals surface area contributed by atoms with Gasteiger partial charge in [-0.3, -0.25) is 9.48 Å². The minimum Gasteiger partial charge on any atom is -0.365 e. The molecule has 1 unspecified atom stereocenters. The Morgan fingerprint density at radius 3 is 3.00 bits per heavy atom. The molecule has 0 saturated carbocycles. The summed E-state index contributed by atoms with van der Waals surface area (Å²) in [5, 5.41) is 19.4. The van der Waals surface area contributed by atoms with Crippen LogP contribution in [0.3, 0.4) is 0 Å². The summed E-state index contributed by atoms with van der Waals surface area (Å²) in [6.45, 7) is 2.40. The quantitative estimate of drug-likeness (QED) is 0.769. The Kier molecular flexibility index (Phi) is 3.00. The Morgan fingerprint density at radius 2 is 2.41 bits per heavy atom. The second-order valence-corrected chi connectivity index (χ2v) is 4.23. The zero-order valence-corrected chi connectivity index (χ0v) is 9.95. The Balaban J connectivity index is 2.14. The molecule has 17 heavy (non-hydrogen) atoms. The number of anilines is 1. The average molecular weight is 233 g/mol. The number of carbonyl (C=O) groups excluding carboxylic acids is 1. The monoisotopic (exact) mass is 233 g/mol. The Bertz CT molecular complexity index is 475. The van der Waals surface area contributed by atoms with Crippen molar-refractivity contribution in [1.82, 2.24) is 15.1 Å². The lowest BCUT2D eigenvalue weighted by Crippen LogP contribution is -2.42. The van der Waals surface area contributed by atoms with Crippen molar-refractivity contribution in [3.05, 3.63) is 11.3 Å². The van der Waals surface area contributed by atoms with Crippen LogP contribution in [0.2, 0.25) is 0 Å². The highest BCUT2D eigenvalue weighted by Crippen LogP contribution is 2.19. The summed E-state index contributed by atoms with van der Waals surface area (Å²) >= 11 is 0. The van der Waals surface area contributed by atoms with Crippen molar-refractivity contribution in [2.45, 2.75) is 25.8 Å². The SMILES string of the molecule is Cc1nn(C)c(NC2CCC(=O)NC2)c1C#N. The predicted molar refractivity (Wildman–Crippen MR) is 62.3 cm³/mol. The van der Waals surface area contributed by atoms with E-state index in [9.17, 15) is 4.79 Å². The molecule has 2 rings (SSSR count). The molecule has 6 nitrogen and oxygen atoms in total. The minimum absolute atomic E-state index is 0.0877. The van der Waals surface area contributed by atoms with E-state index < -0.39 is 0 Å². The maximum Gasteiger partial charge on any atom is 0.220 e. The number of piperidine rings is 1. The number of rotatable bonds is 2. The van der Waals surface area contributed by atoms with Crippen LogP contribution in [0.15, 0.2) is 0 Å². The van der Waals surface area contributed by atoms with Gasteiger partial charge in [-0.15, -0.1) is 0 Å². The number of hydrogen-bond acceptors (Lipinski definition) is 4.